The lowest BCUT2D eigenvalue weighted by Crippen LogP contribution is -2.46. The van der Waals surface area contributed by atoms with Crippen LogP contribution in [0.3, 0.4) is 0 Å². The van der Waals surface area contributed by atoms with Crippen LogP contribution < -0.4 is 9.47 Å². The topological polar surface area (TPSA) is 77.9 Å². The third kappa shape index (κ3) is 4.55. The Kier molecular flexibility index (Phi) is 5.98. The van der Waals surface area contributed by atoms with Crippen LogP contribution in [0.2, 0.25) is 0 Å². The molecule has 190 valence electrons. The molecule has 2 aliphatic rings. The molecule has 1 saturated heterocycles. The van der Waals surface area contributed by atoms with Crippen molar-refractivity contribution in [1.82, 2.24) is 4.98 Å². The lowest BCUT2D eigenvalue weighted by molar-refractivity contribution is -0.175. The summed E-state index contributed by atoms with van der Waals surface area (Å²) in [4.78, 5) is 17.4. The minimum atomic E-state index is -1.00. The first-order valence-electron chi connectivity index (χ1n) is 12.7. The van der Waals surface area contributed by atoms with Crippen molar-refractivity contribution in [3.05, 3.63) is 64.8 Å². The predicted molar refractivity (Wildman–Crippen MR) is 139 cm³/mol. The molecule has 1 aromatic heterocycles. The van der Waals surface area contributed by atoms with E-state index in [2.05, 4.69) is 40.7 Å². The number of carbonyl (C=O) groups is 1. The number of rotatable bonds is 5. The van der Waals surface area contributed by atoms with Crippen molar-refractivity contribution in [2.75, 3.05) is 6.61 Å². The number of aromatic carboxylic acids is 1. The quantitative estimate of drug-likeness (QED) is 0.423. The van der Waals surface area contributed by atoms with Gasteiger partial charge in [-0.2, -0.15) is 0 Å². The van der Waals surface area contributed by atoms with E-state index < -0.39 is 5.97 Å². The summed E-state index contributed by atoms with van der Waals surface area (Å²) in [6.45, 7) is 13.0. The van der Waals surface area contributed by atoms with Gasteiger partial charge in [0.05, 0.1) is 40.0 Å². The summed E-state index contributed by atoms with van der Waals surface area (Å²) in [6, 6.07) is 13.4. The van der Waals surface area contributed by atoms with Gasteiger partial charge in [0, 0.05) is 11.5 Å². The number of ether oxygens (including phenoxy) is 3. The molecule has 36 heavy (non-hydrogen) atoms. The zero-order valence-corrected chi connectivity index (χ0v) is 21.9. The van der Waals surface area contributed by atoms with Crippen molar-refractivity contribution in [2.24, 2.45) is 5.92 Å². The van der Waals surface area contributed by atoms with E-state index in [1.54, 1.807) is 6.07 Å². The molecule has 3 aromatic rings. The normalized spacial score (nSPS) is 22.7. The fraction of sp³-hybridized carbons (Fsp3) is 0.467. The highest BCUT2D eigenvalue weighted by Crippen LogP contribution is 2.46. The van der Waals surface area contributed by atoms with E-state index in [1.165, 1.54) is 0 Å². The van der Waals surface area contributed by atoms with Gasteiger partial charge in [-0.3, -0.25) is 0 Å². The van der Waals surface area contributed by atoms with E-state index in [-0.39, 0.29) is 28.8 Å². The van der Waals surface area contributed by atoms with E-state index >= 15 is 0 Å². The summed E-state index contributed by atoms with van der Waals surface area (Å²) in [7, 11) is 0. The van der Waals surface area contributed by atoms with Gasteiger partial charge < -0.3 is 19.3 Å². The molecule has 0 amide bonds. The van der Waals surface area contributed by atoms with Crippen molar-refractivity contribution in [1.29, 1.82) is 0 Å². The lowest BCUT2D eigenvalue weighted by atomic mass is 9.81. The number of hydrogen-bond donors (Lipinski definition) is 1. The van der Waals surface area contributed by atoms with Crippen LogP contribution in [0.1, 0.15) is 86.7 Å². The van der Waals surface area contributed by atoms with E-state index in [4.69, 9.17) is 19.2 Å². The standard InChI is InChI=1S/C30H35NO5/c1-17-11-12-24(34-16-19-14-29(3,4)36-30(5,6)15-19)25-21(28(32)33)13-22(31-26(17)25)27-18(2)20-9-7-8-10-23(20)35-27/h7-13,18-19,27H,14-16H2,1-6H3,(H,32,33). The fourth-order valence-electron chi connectivity index (χ4n) is 6.20. The lowest BCUT2D eigenvalue weighted by Gasteiger charge is -2.45. The predicted octanol–water partition coefficient (Wildman–Crippen LogP) is 6.84. The first-order chi connectivity index (χ1) is 16.9. The monoisotopic (exact) mass is 489 g/mol. The minimum absolute atomic E-state index is 0.0627. The maximum atomic E-state index is 12.5. The minimum Gasteiger partial charge on any atom is -0.493 e. The number of pyridine rings is 1. The second-order valence-electron chi connectivity index (χ2n) is 11.6. The average molecular weight is 490 g/mol. The first kappa shape index (κ1) is 24.6. The highest BCUT2D eigenvalue weighted by molar-refractivity contribution is 6.06. The van der Waals surface area contributed by atoms with Gasteiger partial charge in [-0.05, 0) is 77.1 Å². The number of para-hydroxylation sites is 1. The van der Waals surface area contributed by atoms with Crippen molar-refractivity contribution >= 4 is 16.9 Å². The molecular formula is C30H35NO5. The Hall–Kier alpha value is -3.12. The molecule has 3 heterocycles. The molecule has 1 fully saturated rings. The first-order valence-corrected chi connectivity index (χ1v) is 12.7. The Bertz CT molecular complexity index is 1310. The van der Waals surface area contributed by atoms with Gasteiger partial charge in [0.25, 0.3) is 0 Å². The number of carboxylic acids is 1. The highest BCUT2D eigenvalue weighted by atomic mass is 16.5. The van der Waals surface area contributed by atoms with Gasteiger partial charge >= 0.3 is 5.97 Å². The third-order valence-corrected chi connectivity index (χ3v) is 7.37. The fourth-order valence-corrected chi connectivity index (χ4v) is 6.20. The van der Waals surface area contributed by atoms with E-state index in [9.17, 15) is 9.90 Å². The molecule has 0 saturated carbocycles. The van der Waals surface area contributed by atoms with Crippen LogP contribution >= 0.6 is 0 Å². The molecule has 2 aromatic carbocycles. The number of hydrogen-bond acceptors (Lipinski definition) is 5. The number of aromatic nitrogens is 1. The Morgan fingerprint density at radius 3 is 2.47 bits per heavy atom. The second-order valence-corrected chi connectivity index (χ2v) is 11.6. The molecule has 0 spiro atoms. The van der Waals surface area contributed by atoms with Crippen LogP contribution in [0.25, 0.3) is 10.9 Å². The zero-order valence-electron chi connectivity index (χ0n) is 21.9. The van der Waals surface area contributed by atoms with Gasteiger partial charge in [-0.15, -0.1) is 0 Å². The van der Waals surface area contributed by atoms with Gasteiger partial charge in [0.1, 0.15) is 17.6 Å². The number of nitrogens with zero attached hydrogens (tertiary/aromatic N) is 1. The Morgan fingerprint density at radius 2 is 1.81 bits per heavy atom. The molecule has 0 aliphatic carbocycles. The maximum Gasteiger partial charge on any atom is 0.336 e. The molecule has 6 nitrogen and oxygen atoms in total. The number of carboxylic acid groups (broad SMARTS) is 1. The van der Waals surface area contributed by atoms with E-state index in [0.717, 1.165) is 29.7 Å². The SMILES string of the molecule is Cc1ccc(OCC2CC(C)(C)OC(C)(C)C2)c2c(C(=O)O)cc(C3Oc4ccccc4C3C)nc12. The molecule has 5 rings (SSSR count). The molecule has 2 atom stereocenters. The Labute approximate surface area is 212 Å². The molecule has 0 bridgehead atoms. The van der Waals surface area contributed by atoms with Crippen molar-refractivity contribution in [3.63, 3.8) is 0 Å². The van der Waals surface area contributed by atoms with Crippen LogP contribution in [0.5, 0.6) is 11.5 Å². The second kappa shape index (κ2) is 8.77. The van der Waals surface area contributed by atoms with Crippen molar-refractivity contribution in [3.8, 4) is 11.5 Å². The molecule has 2 unspecified atom stereocenters. The maximum absolute atomic E-state index is 12.5. The number of benzene rings is 2. The van der Waals surface area contributed by atoms with Gasteiger partial charge in [-0.25, -0.2) is 9.78 Å². The van der Waals surface area contributed by atoms with Gasteiger partial charge in [0.2, 0.25) is 0 Å². The summed E-state index contributed by atoms with van der Waals surface area (Å²) >= 11 is 0. The summed E-state index contributed by atoms with van der Waals surface area (Å²) in [6.07, 6.45) is 1.41. The Morgan fingerprint density at radius 1 is 1.11 bits per heavy atom. The molecular weight excluding hydrogens is 454 g/mol. The van der Waals surface area contributed by atoms with Crippen LogP contribution in [0.15, 0.2) is 42.5 Å². The largest absolute Gasteiger partial charge is 0.493 e. The number of aryl methyl sites for hydroxylation is 1. The summed E-state index contributed by atoms with van der Waals surface area (Å²) in [5.74, 6) is 0.734. The van der Waals surface area contributed by atoms with Crippen molar-refractivity contribution < 1.29 is 24.1 Å². The summed E-state index contributed by atoms with van der Waals surface area (Å²) in [5.41, 5.74) is 2.99. The van der Waals surface area contributed by atoms with E-state index in [1.807, 2.05) is 37.3 Å². The highest BCUT2D eigenvalue weighted by Gasteiger charge is 2.39. The van der Waals surface area contributed by atoms with Crippen LogP contribution in [0.4, 0.5) is 0 Å². The third-order valence-electron chi connectivity index (χ3n) is 7.37. The summed E-state index contributed by atoms with van der Waals surface area (Å²) < 4.78 is 18.8. The molecule has 1 N–H and O–H groups in total. The Balaban J connectivity index is 1.51. The molecule has 6 heteroatoms. The van der Waals surface area contributed by atoms with E-state index in [0.29, 0.717) is 34.9 Å². The van der Waals surface area contributed by atoms with Gasteiger partial charge in [-0.1, -0.05) is 31.2 Å². The van der Waals surface area contributed by atoms with Crippen LogP contribution in [-0.2, 0) is 4.74 Å². The number of fused-ring (bicyclic) bond motifs is 2. The van der Waals surface area contributed by atoms with Gasteiger partial charge in [0.15, 0.2) is 0 Å². The summed E-state index contributed by atoms with van der Waals surface area (Å²) in [5, 5.41) is 10.8. The van der Waals surface area contributed by atoms with Crippen molar-refractivity contribution in [2.45, 2.75) is 77.6 Å². The molecule has 0 radical (unpaired) electrons. The van der Waals surface area contributed by atoms with Crippen LogP contribution in [0, 0.1) is 12.8 Å². The average Bonchev–Trinajstić information content (AvgIpc) is 3.13. The van der Waals surface area contributed by atoms with Crippen LogP contribution in [-0.4, -0.2) is 33.9 Å². The zero-order chi connectivity index (χ0) is 25.8. The smallest absolute Gasteiger partial charge is 0.336 e. The molecule has 2 aliphatic heterocycles.